The zero-order valence-electron chi connectivity index (χ0n) is 18.6. The molecule has 0 saturated carbocycles. The molecule has 0 aromatic heterocycles. The summed E-state index contributed by atoms with van der Waals surface area (Å²) < 4.78 is 65.5. The van der Waals surface area contributed by atoms with Crippen molar-refractivity contribution < 1.29 is 31.1 Å². The maximum Gasteiger partial charge on any atom is 0.410 e. The largest absolute Gasteiger partial charge is 0.444 e. The molecule has 2 aliphatic rings. The first-order valence-electron chi connectivity index (χ1n) is 10.6. The van der Waals surface area contributed by atoms with Gasteiger partial charge in [0.2, 0.25) is 20.0 Å². The summed E-state index contributed by atoms with van der Waals surface area (Å²) in [5.41, 5.74) is -0.586. The van der Waals surface area contributed by atoms with Crippen molar-refractivity contribution in [1.29, 1.82) is 0 Å². The first-order chi connectivity index (χ1) is 14.9. The second-order valence-electron chi connectivity index (χ2n) is 8.85. The number of nitrogens with one attached hydrogen (secondary N) is 1. The molecule has 1 N–H and O–H groups in total. The number of piperidine rings is 1. The van der Waals surface area contributed by atoms with Crippen molar-refractivity contribution in [1.82, 2.24) is 13.9 Å². The monoisotopic (exact) mass is 489 g/mol. The van der Waals surface area contributed by atoms with E-state index >= 15 is 0 Å². The van der Waals surface area contributed by atoms with E-state index < -0.39 is 31.7 Å². The first-order valence-corrected chi connectivity index (χ1v) is 13.5. The van der Waals surface area contributed by atoms with Crippen LogP contribution in [0.25, 0.3) is 0 Å². The van der Waals surface area contributed by atoms with Crippen LogP contribution in [0.4, 0.5) is 4.79 Å². The number of morpholine rings is 1. The van der Waals surface area contributed by atoms with Gasteiger partial charge in [-0.2, -0.15) is 4.31 Å². The van der Waals surface area contributed by atoms with Gasteiger partial charge in [0.25, 0.3) is 0 Å². The Labute approximate surface area is 190 Å². The summed E-state index contributed by atoms with van der Waals surface area (Å²) in [6, 6.07) is 4.89. The van der Waals surface area contributed by atoms with Crippen LogP contribution in [0.2, 0.25) is 0 Å². The van der Waals surface area contributed by atoms with Gasteiger partial charge in [-0.15, -0.1) is 0 Å². The smallest absolute Gasteiger partial charge is 0.410 e. The molecule has 10 nitrogen and oxygen atoms in total. The highest BCUT2D eigenvalue weighted by atomic mass is 32.2. The molecule has 2 saturated heterocycles. The van der Waals surface area contributed by atoms with Crippen LogP contribution in [0.3, 0.4) is 0 Å². The van der Waals surface area contributed by atoms with E-state index in [1.54, 1.807) is 25.7 Å². The van der Waals surface area contributed by atoms with E-state index in [1.807, 2.05) is 0 Å². The summed E-state index contributed by atoms with van der Waals surface area (Å²) >= 11 is 0. The molecule has 2 fully saturated rings. The van der Waals surface area contributed by atoms with E-state index in [9.17, 15) is 21.6 Å². The fraction of sp³-hybridized carbons (Fsp3) is 0.650. The van der Waals surface area contributed by atoms with E-state index in [0.717, 1.165) is 0 Å². The Morgan fingerprint density at radius 2 is 1.50 bits per heavy atom. The Morgan fingerprint density at radius 3 is 2.03 bits per heavy atom. The molecule has 2 aliphatic heterocycles. The third-order valence-electron chi connectivity index (χ3n) is 5.21. The van der Waals surface area contributed by atoms with Crippen LogP contribution >= 0.6 is 0 Å². The second-order valence-corrected chi connectivity index (χ2v) is 12.5. The summed E-state index contributed by atoms with van der Waals surface area (Å²) in [5.74, 6) is 0. The van der Waals surface area contributed by atoms with Gasteiger partial charge in [-0.25, -0.2) is 26.4 Å². The Morgan fingerprint density at radius 1 is 0.969 bits per heavy atom. The molecule has 0 radical (unpaired) electrons. The Bertz CT molecular complexity index is 1000. The highest BCUT2D eigenvalue weighted by Gasteiger charge is 2.30. The van der Waals surface area contributed by atoms with Gasteiger partial charge in [-0.05, 0) is 57.9 Å². The average Bonchev–Trinajstić information content (AvgIpc) is 2.73. The summed E-state index contributed by atoms with van der Waals surface area (Å²) in [7, 11) is -7.52. The number of hydrogen-bond acceptors (Lipinski definition) is 7. The maximum atomic E-state index is 12.8. The third kappa shape index (κ3) is 6.19. The first kappa shape index (κ1) is 24.9. The van der Waals surface area contributed by atoms with Crippen molar-refractivity contribution in [2.75, 3.05) is 39.4 Å². The second kappa shape index (κ2) is 9.64. The average molecular weight is 490 g/mol. The van der Waals surface area contributed by atoms with Gasteiger partial charge in [0.15, 0.2) is 0 Å². The van der Waals surface area contributed by atoms with Gasteiger partial charge in [-0.3, -0.25) is 0 Å². The van der Waals surface area contributed by atoms with Crippen molar-refractivity contribution in [2.45, 2.75) is 55.0 Å². The zero-order valence-corrected chi connectivity index (χ0v) is 20.2. The number of ether oxygens (including phenoxy) is 2. The van der Waals surface area contributed by atoms with Crippen LogP contribution < -0.4 is 4.72 Å². The van der Waals surface area contributed by atoms with Crippen molar-refractivity contribution in [3.63, 3.8) is 0 Å². The number of sulfonamides is 2. The summed E-state index contributed by atoms with van der Waals surface area (Å²) in [6.45, 7) is 7.37. The van der Waals surface area contributed by atoms with E-state index in [1.165, 1.54) is 28.6 Å². The van der Waals surface area contributed by atoms with Crippen LogP contribution in [0.5, 0.6) is 0 Å². The lowest BCUT2D eigenvalue weighted by molar-refractivity contribution is 0.0203. The normalized spacial score (nSPS) is 19.7. The molecule has 3 rings (SSSR count). The van der Waals surface area contributed by atoms with Gasteiger partial charge < -0.3 is 14.4 Å². The minimum Gasteiger partial charge on any atom is -0.444 e. The lowest BCUT2D eigenvalue weighted by atomic mass is 10.1. The lowest BCUT2D eigenvalue weighted by Crippen LogP contribution is -2.47. The topological polar surface area (TPSA) is 122 Å². The molecule has 1 aromatic rings. The van der Waals surface area contributed by atoms with Crippen LogP contribution in [0.15, 0.2) is 34.1 Å². The molecule has 12 heteroatoms. The summed E-state index contributed by atoms with van der Waals surface area (Å²) in [6.07, 6.45) is 0.514. The predicted molar refractivity (Wildman–Crippen MR) is 117 cm³/mol. The van der Waals surface area contributed by atoms with E-state index in [2.05, 4.69) is 4.72 Å². The summed E-state index contributed by atoms with van der Waals surface area (Å²) in [4.78, 5) is 13.8. The summed E-state index contributed by atoms with van der Waals surface area (Å²) in [5, 5.41) is 0. The standard InChI is InChI=1S/C20H31N3O7S2/c1-20(2,3)30-19(24)22-10-8-16(9-11-22)21-31(25,26)17-4-6-18(7-5-17)32(27,28)23-12-14-29-15-13-23/h4-7,16,21H,8-15H2,1-3H3. The molecule has 180 valence electrons. The molecule has 0 unspecified atom stereocenters. The maximum absolute atomic E-state index is 12.8. The fourth-order valence-electron chi connectivity index (χ4n) is 3.52. The number of likely N-dealkylation sites (tertiary alicyclic amines) is 1. The van der Waals surface area contributed by atoms with Gasteiger partial charge in [0.1, 0.15) is 5.60 Å². The van der Waals surface area contributed by atoms with Crippen molar-refractivity contribution in [3.05, 3.63) is 24.3 Å². The number of nitrogens with zero attached hydrogens (tertiary/aromatic N) is 2. The lowest BCUT2D eigenvalue weighted by Gasteiger charge is -2.33. The number of rotatable bonds is 5. The minimum atomic E-state index is -3.83. The van der Waals surface area contributed by atoms with Crippen LogP contribution in [-0.4, -0.2) is 83.2 Å². The molecule has 32 heavy (non-hydrogen) atoms. The highest BCUT2D eigenvalue weighted by Crippen LogP contribution is 2.21. The Hall–Kier alpha value is -1.73. The van der Waals surface area contributed by atoms with Crippen LogP contribution in [-0.2, 0) is 29.5 Å². The molecular weight excluding hydrogens is 458 g/mol. The molecule has 0 atom stereocenters. The quantitative estimate of drug-likeness (QED) is 0.663. The number of carbonyl (C=O) groups is 1. The molecular formula is C20H31N3O7S2. The highest BCUT2D eigenvalue weighted by molar-refractivity contribution is 7.89. The number of benzene rings is 1. The molecule has 2 heterocycles. The molecule has 1 amide bonds. The van der Waals surface area contributed by atoms with E-state index in [0.29, 0.717) is 39.1 Å². The van der Waals surface area contributed by atoms with Crippen molar-refractivity contribution in [3.8, 4) is 0 Å². The Kier molecular flexibility index (Phi) is 7.50. The van der Waals surface area contributed by atoms with E-state index in [-0.39, 0.29) is 28.9 Å². The van der Waals surface area contributed by atoms with Gasteiger partial charge >= 0.3 is 6.09 Å². The fourth-order valence-corrected chi connectivity index (χ4v) is 6.23. The number of carbonyl (C=O) groups excluding carboxylic acids is 1. The van der Waals surface area contributed by atoms with Gasteiger partial charge in [-0.1, -0.05) is 0 Å². The van der Waals surface area contributed by atoms with Crippen LogP contribution in [0.1, 0.15) is 33.6 Å². The molecule has 0 aliphatic carbocycles. The minimum absolute atomic E-state index is 0.00648. The van der Waals surface area contributed by atoms with Crippen molar-refractivity contribution in [2.24, 2.45) is 0 Å². The van der Waals surface area contributed by atoms with Crippen LogP contribution in [0, 0.1) is 0 Å². The van der Waals surface area contributed by atoms with Crippen molar-refractivity contribution >= 4 is 26.1 Å². The van der Waals surface area contributed by atoms with E-state index in [4.69, 9.17) is 9.47 Å². The number of hydrogen-bond donors (Lipinski definition) is 1. The SMILES string of the molecule is CC(C)(C)OC(=O)N1CCC(NS(=O)(=O)c2ccc(S(=O)(=O)N3CCOCC3)cc2)CC1. The predicted octanol–water partition coefficient (Wildman–Crippen LogP) is 1.39. The molecule has 0 bridgehead atoms. The molecule has 1 aromatic carbocycles. The van der Waals surface area contributed by atoms with Gasteiger partial charge in [0, 0.05) is 32.2 Å². The molecule has 0 spiro atoms. The van der Waals surface area contributed by atoms with Gasteiger partial charge in [0.05, 0.1) is 23.0 Å². The Balaban J connectivity index is 1.60. The zero-order chi connectivity index (χ0) is 23.6. The third-order valence-corrected chi connectivity index (χ3v) is 8.66. The number of amides is 1.